The van der Waals surface area contributed by atoms with Crippen LogP contribution in [0.15, 0.2) is 48.9 Å². The lowest BCUT2D eigenvalue weighted by Gasteiger charge is -2.36. The maximum absolute atomic E-state index is 14.4. The fraction of sp³-hybridized carbons (Fsp3) is 0.579. The average Bonchev–Trinajstić information content (AvgIpc) is 3.63. The molecule has 2 aliphatic carbocycles. The number of likely N-dealkylation sites (N-methyl/N-ethyl adjacent to an activating group) is 1. The summed E-state index contributed by atoms with van der Waals surface area (Å²) in [7, 11) is 3.71. The largest absolute Gasteiger partial charge is 0.495 e. The van der Waals surface area contributed by atoms with Crippen molar-refractivity contribution in [1.82, 2.24) is 24.6 Å². The molecule has 49 heavy (non-hydrogen) atoms. The Morgan fingerprint density at radius 3 is 2.35 bits per heavy atom. The van der Waals surface area contributed by atoms with Gasteiger partial charge in [0.25, 0.3) is 0 Å². The van der Waals surface area contributed by atoms with E-state index in [4.69, 9.17) is 26.1 Å². The van der Waals surface area contributed by atoms with Gasteiger partial charge in [-0.2, -0.15) is 5.10 Å². The lowest BCUT2D eigenvalue weighted by atomic mass is 9.78. The number of ether oxygens (including phenoxy) is 2. The molecule has 0 bridgehead atoms. The molecule has 2 aromatic heterocycles. The van der Waals surface area contributed by atoms with Crippen LogP contribution in [0.2, 0.25) is 5.02 Å². The van der Waals surface area contributed by atoms with Crippen molar-refractivity contribution in [1.29, 1.82) is 0 Å². The maximum Gasteiger partial charge on any atom is 0.410 e. The Kier molecular flexibility index (Phi) is 11.4. The molecule has 0 spiro atoms. The van der Waals surface area contributed by atoms with E-state index in [0.29, 0.717) is 73.7 Å². The zero-order chi connectivity index (χ0) is 34.5. The maximum atomic E-state index is 14.4. The first-order valence-corrected chi connectivity index (χ1v) is 18.4. The van der Waals surface area contributed by atoms with Crippen molar-refractivity contribution in [2.24, 2.45) is 11.8 Å². The van der Waals surface area contributed by atoms with E-state index in [1.165, 1.54) is 5.56 Å². The van der Waals surface area contributed by atoms with Crippen LogP contribution in [0, 0.1) is 11.8 Å². The van der Waals surface area contributed by atoms with Crippen LogP contribution in [0.5, 0.6) is 5.75 Å². The van der Waals surface area contributed by atoms with Crippen LogP contribution in [0.3, 0.4) is 0 Å². The number of rotatable bonds is 9. The van der Waals surface area contributed by atoms with E-state index < -0.39 is 0 Å². The highest BCUT2D eigenvalue weighted by atomic mass is 35.5. The quantitative estimate of drug-likeness (QED) is 0.230. The Labute approximate surface area is 295 Å². The summed E-state index contributed by atoms with van der Waals surface area (Å²) in [5.74, 6) is 2.17. The Hall–Kier alpha value is -3.63. The zero-order valence-corrected chi connectivity index (χ0v) is 30.1. The summed E-state index contributed by atoms with van der Waals surface area (Å²) < 4.78 is 13.2. The van der Waals surface area contributed by atoms with Crippen LogP contribution in [0.1, 0.15) is 82.7 Å². The first-order chi connectivity index (χ1) is 23.7. The van der Waals surface area contributed by atoms with Gasteiger partial charge in [0.05, 0.1) is 18.3 Å². The Morgan fingerprint density at radius 1 is 0.959 bits per heavy atom. The number of amides is 2. The van der Waals surface area contributed by atoms with Crippen molar-refractivity contribution in [3.63, 3.8) is 0 Å². The normalized spacial score (nSPS) is 23.3. The topological polar surface area (TPSA) is 93.0 Å². The van der Waals surface area contributed by atoms with Crippen LogP contribution in [-0.2, 0) is 9.53 Å². The third-order valence-corrected chi connectivity index (χ3v) is 11.0. The van der Waals surface area contributed by atoms with Gasteiger partial charge < -0.3 is 19.3 Å². The molecule has 1 aromatic carbocycles. The highest BCUT2D eigenvalue weighted by Gasteiger charge is 2.35. The fourth-order valence-corrected chi connectivity index (χ4v) is 7.80. The number of methoxy groups -OCH3 is 1. The van der Waals surface area contributed by atoms with Crippen molar-refractivity contribution in [2.75, 3.05) is 51.8 Å². The Balaban J connectivity index is 1.14. The minimum absolute atomic E-state index is 0.121. The summed E-state index contributed by atoms with van der Waals surface area (Å²) in [6, 6.07) is 10.4. The predicted molar refractivity (Wildman–Crippen MR) is 192 cm³/mol. The molecule has 10 nitrogen and oxygen atoms in total. The molecule has 2 amide bonds. The second kappa shape index (κ2) is 15.9. The van der Waals surface area contributed by atoms with Crippen molar-refractivity contribution in [2.45, 2.75) is 83.3 Å². The number of anilines is 1. The van der Waals surface area contributed by atoms with Gasteiger partial charge in [0, 0.05) is 62.6 Å². The summed E-state index contributed by atoms with van der Waals surface area (Å²) in [6.07, 6.45) is 12.3. The van der Waals surface area contributed by atoms with Gasteiger partial charge in [0.2, 0.25) is 5.91 Å². The molecule has 1 aliphatic heterocycles. The molecule has 0 radical (unpaired) electrons. The van der Waals surface area contributed by atoms with E-state index in [2.05, 4.69) is 37.0 Å². The lowest BCUT2D eigenvalue weighted by Crippen LogP contribution is -2.48. The third kappa shape index (κ3) is 8.58. The van der Waals surface area contributed by atoms with E-state index >= 15 is 0 Å². The third-order valence-electron chi connectivity index (χ3n) is 10.7. The van der Waals surface area contributed by atoms with Gasteiger partial charge in [0.1, 0.15) is 17.7 Å². The molecule has 0 atom stereocenters. The first kappa shape index (κ1) is 35.2. The molecule has 0 unspecified atom stereocenters. The zero-order valence-electron chi connectivity index (χ0n) is 29.4. The summed E-state index contributed by atoms with van der Waals surface area (Å²) in [5, 5.41) is 5.18. The number of carbonyl (C=O) groups is 2. The summed E-state index contributed by atoms with van der Waals surface area (Å²) in [4.78, 5) is 38.0. The fourth-order valence-electron chi connectivity index (χ4n) is 7.54. The van der Waals surface area contributed by atoms with Gasteiger partial charge >= 0.3 is 6.09 Å². The van der Waals surface area contributed by atoms with Gasteiger partial charge in [-0.25, -0.2) is 9.78 Å². The standard InChI is InChI=1S/C38H51ClN6O4/c1-26(2)45-25-32(23-41-45)31-15-16-40-36(22-31)44(24-27-5-7-28(8-6-27)30-11-14-35(48-4)34(39)21-30)37(46)29-9-12-33(13-10-29)49-38(47)43-19-17-42(3)18-20-43/h11,14-16,21-23,25-29,33H,5-10,12-13,17-20,24H2,1-4H3/t27-,28-,29-,33-. The van der Waals surface area contributed by atoms with Gasteiger partial charge in [-0.3, -0.25) is 14.4 Å². The van der Waals surface area contributed by atoms with Gasteiger partial charge in [-0.1, -0.05) is 17.7 Å². The van der Waals surface area contributed by atoms with Gasteiger partial charge in [0.15, 0.2) is 0 Å². The molecule has 6 rings (SSSR count). The summed E-state index contributed by atoms with van der Waals surface area (Å²) >= 11 is 6.46. The molecule has 11 heteroatoms. The van der Waals surface area contributed by atoms with Crippen LogP contribution in [0.4, 0.5) is 10.6 Å². The first-order valence-electron chi connectivity index (χ1n) is 18.0. The molecule has 3 aromatic rings. The smallest absolute Gasteiger partial charge is 0.410 e. The average molecular weight is 691 g/mol. The van der Waals surface area contributed by atoms with E-state index in [9.17, 15) is 9.59 Å². The number of aromatic nitrogens is 3. The molecule has 264 valence electrons. The summed E-state index contributed by atoms with van der Waals surface area (Å²) in [6.45, 7) is 7.95. The Morgan fingerprint density at radius 2 is 1.69 bits per heavy atom. The second-order valence-corrected chi connectivity index (χ2v) is 14.8. The summed E-state index contributed by atoms with van der Waals surface area (Å²) in [5.41, 5.74) is 3.25. The number of halogens is 1. The molecular formula is C38H51ClN6O4. The van der Waals surface area contributed by atoms with E-state index in [0.717, 1.165) is 49.9 Å². The van der Waals surface area contributed by atoms with E-state index in [-0.39, 0.29) is 30.1 Å². The number of pyridine rings is 1. The molecular weight excluding hydrogens is 640 g/mol. The molecule has 3 heterocycles. The van der Waals surface area contributed by atoms with Crippen molar-refractivity contribution in [3.05, 3.63) is 59.5 Å². The molecule has 3 aliphatic rings. The highest BCUT2D eigenvalue weighted by molar-refractivity contribution is 6.32. The van der Waals surface area contributed by atoms with Gasteiger partial charge in [-0.05, 0) is 119 Å². The second-order valence-electron chi connectivity index (χ2n) is 14.4. The number of benzene rings is 1. The molecule has 2 saturated carbocycles. The number of hydrogen-bond acceptors (Lipinski definition) is 7. The van der Waals surface area contributed by atoms with Crippen molar-refractivity contribution < 1.29 is 19.1 Å². The predicted octanol–water partition coefficient (Wildman–Crippen LogP) is 7.44. The van der Waals surface area contributed by atoms with Gasteiger partial charge in [-0.15, -0.1) is 0 Å². The number of piperazine rings is 1. The van der Waals surface area contributed by atoms with Crippen LogP contribution < -0.4 is 9.64 Å². The van der Waals surface area contributed by atoms with E-state index in [1.54, 1.807) is 18.2 Å². The molecule has 0 N–H and O–H groups in total. The monoisotopic (exact) mass is 690 g/mol. The van der Waals surface area contributed by atoms with Crippen molar-refractivity contribution >= 4 is 29.4 Å². The SMILES string of the molecule is COc1ccc([C@H]2CC[C@H](CN(c3cc(-c4cnn(C(C)C)c4)ccn3)C(=O)[C@H]3CC[C@H](OC(=O)N4CCN(C)CC4)CC3)CC2)cc1Cl. The Bertz CT molecular complexity index is 1570. The number of nitrogens with zero attached hydrogens (tertiary/aromatic N) is 6. The lowest BCUT2D eigenvalue weighted by molar-refractivity contribution is -0.124. The molecule has 1 saturated heterocycles. The molecule has 3 fully saturated rings. The number of carbonyl (C=O) groups excluding carboxylic acids is 2. The minimum atomic E-state index is -0.223. The van der Waals surface area contributed by atoms with Crippen LogP contribution in [0.25, 0.3) is 11.1 Å². The number of hydrogen-bond donors (Lipinski definition) is 0. The van der Waals surface area contributed by atoms with Crippen molar-refractivity contribution in [3.8, 4) is 16.9 Å². The highest BCUT2D eigenvalue weighted by Crippen LogP contribution is 2.40. The van der Waals surface area contributed by atoms with Crippen LogP contribution in [-0.4, -0.2) is 89.5 Å². The van der Waals surface area contributed by atoms with Crippen LogP contribution >= 0.6 is 11.6 Å². The minimum Gasteiger partial charge on any atom is -0.495 e. The van der Waals surface area contributed by atoms with E-state index in [1.807, 2.05) is 46.2 Å².